The number of rotatable bonds is 7. The summed E-state index contributed by atoms with van der Waals surface area (Å²) in [6.45, 7) is 3.86. The number of halogens is 1. The molecule has 0 aliphatic heterocycles. The molecule has 0 bridgehead atoms. The predicted molar refractivity (Wildman–Crippen MR) is 114 cm³/mol. The van der Waals surface area contributed by atoms with Crippen molar-refractivity contribution in [3.63, 3.8) is 0 Å². The van der Waals surface area contributed by atoms with Gasteiger partial charge < -0.3 is 0 Å². The van der Waals surface area contributed by atoms with Gasteiger partial charge in [-0.05, 0) is 31.0 Å². The van der Waals surface area contributed by atoms with Crippen molar-refractivity contribution in [2.24, 2.45) is 0 Å². The van der Waals surface area contributed by atoms with Crippen LogP contribution >= 0.6 is 22.9 Å². The summed E-state index contributed by atoms with van der Waals surface area (Å²) >= 11 is 6.78. The van der Waals surface area contributed by atoms with Crippen LogP contribution in [0, 0.1) is 6.92 Å². The number of aromatic nitrogens is 2. The highest BCUT2D eigenvalue weighted by Gasteiger charge is 2.25. The molecule has 10 heteroatoms. The van der Waals surface area contributed by atoms with E-state index in [1.165, 1.54) is 0 Å². The molecule has 152 valence electrons. The number of hydrogen-bond acceptors (Lipinski definition) is 6. The van der Waals surface area contributed by atoms with Crippen molar-refractivity contribution in [2.75, 3.05) is 5.32 Å². The molecule has 2 N–H and O–H groups in total. The molecule has 0 saturated heterocycles. The van der Waals surface area contributed by atoms with Gasteiger partial charge in [0.05, 0.1) is 10.6 Å². The number of nitrogens with zero attached hydrogens (tertiary/aromatic N) is 2. The fourth-order valence-corrected chi connectivity index (χ4v) is 5.04. The molecule has 1 aromatic heterocycles. The number of benzene rings is 2. The molecule has 7 nitrogen and oxygen atoms in total. The third-order valence-electron chi connectivity index (χ3n) is 4.16. The van der Waals surface area contributed by atoms with Gasteiger partial charge in [0.15, 0.2) is 0 Å². The van der Waals surface area contributed by atoms with Crippen LogP contribution in [0.1, 0.15) is 40.9 Å². The van der Waals surface area contributed by atoms with E-state index >= 15 is 0 Å². The van der Waals surface area contributed by atoms with Crippen molar-refractivity contribution in [1.82, 2.24) is 14.9 Å². The molecule has 0 fully saturated rings. The molecular weight excluding hydrogens is 432 g/mol. The molecule has 0 aliphatic rings. The molecule has 1 heterocycles. The Labute approximate surface area is 178 Å². The molecule has 2 aromatic carbocycles. The van der Waals surface area contributed by atoms with Crippen LogP contribution in [0.3, 0.4) is 0 Å². The Balaban J connectivity index is 1.75. The number of carbonyl (C=O) groups is 1. The van der Waals surface area contributed by atoms with Gasteiger partial charge in [0, 0.05) is 6.04 Å². The van der Waals surface area contributed by atoms with Gasteiger partial charge in [-0.15, -0.1) is 10.2 Å². The van der Waals surface area contributed by atoms with Gasteiger partial charge in [-0.3, -0.25) is 10.1 Å². The SMILES string of the molecule is CCC(NS(=O)(=O)c1nnc(NC(=O)c2ccccc2Cl)s1)c1ccc(C)cc1. The predicted octanol–water partition coefficient (Wildman–Crippen LogP) is 4.18. The molecule has 3 aromatic rings. The quantitative estimate of drug-likeness (QED) is 0.526. The first kappa shape index (κ1) is 21.4. The number of carbonyl (C=O) groups excluding carboxylic acids is 1. The summed E-state index contributed by atoms with van der Waals surface area (Å²) in [7, 11) is -3.90. The lowest BCUT2D eigenvalue weighted by molar-refractivity contribution is 0.102. The summed E-state index contributed by atoms with van der Waals surface area (Å²) in [5.74, 6) is -0.491. The standard InChI is InChI=1S/C19H19ClN4O3S2/c1-3-16(13-10-8-12(2)9-11-13)24-29(26,27)19-23-22-18(28-19)21-17(25)14-6-4-5-7-15(14)20/h4-11,16,24H,3H2,1-2H3,(H,21,22,25). The fourth-order valence-electron chi connectivity index (χ4n) is 2.60. The topological polar surface area (TPSA) is 101 Å². The van der Waals surface area contributed by atoms with Crippen molar-refractivity contribution in [1.29, 1.82) is 0 Å². The summed E-state index contributed by atoms with van der Waals surface area (Å²) in [6, 6.07) is 13.8. The van der Waals surface area contributed by atoms with Crippen LogP contribution in [0.2, 0.25) is 5.02 Å². The maximum atomic E-state index is 12.7. The van der Waals surface area contributed by atoms with E-state index < -0.39 is 22.0 Å². The molecule has 3 rings (SSSR count). The van der Waals surface area contributed by atoms with Crippen molar-refractivity contribution >= 4 is 44.0 Å². The Morgan fingerprint density at radius 2 is 1.83 bits per heavy atom. The first-order valence-electron chi connectivity index (χ1n) is 8.78. The Morgan fingerprint density at radius 1 is 1.14 bits per heavy atom. The van der Waals surface area contributed by atoms with Gasteiger partial charge in [-0.25, -0.2) is 13.1 Å². The minimum atomic E-state index is -3.90. The molecule has 0 spiro atoms. The monoisotopic (exact) mass is 450 g/mol. The first-order valence-corrected chi connectivity index (χ1v) is 11.5. The van der Waals surface area contributed by atoms with Crippen LogP contribution < -0.4 is 10.0 Å². The van der Waals surface area contributed by atoms with Crippen LogP contribution in [-0.2, 0) is 10.0 Å². The van der Waals surface area contributed by atoms with Gasteiger partial charge >= 0.3 is 0 Å². The number of aryl methyl sites for hydroxylation is 1. The van der Waals surface area contributed by atoms with Gasteiger partial charge in [0.1, 0.15) is 0 Å². The zero-order valence-electron chi connectivity index (χ0n) is 15.7. The maximum absolute atomic E-state index is 12.7. The largest absolute Gasteiger partial charge is 0.296 e. The third-order valence-corrected chi connectivity index (χ3v) is 7.17. The summed E-state index contributed by atoms with van der Waals surface area (Å²) in [6.07, 6.45) is 0.567. The zero-order valence-corrected chi connectivity index (χ0v) is 18.1. The normalized spacial score (nSPS) is 12.5. The van der Waals surface area contributed by atoms with Crippen molar-refractivity contribution in [3.8, 4) is 0 Å². The molecule has 0 aliphatic carbocycles. The van der Waals surface area contributed by atoms with Crippen molar-refractivity contribution in [3.05, 3.63) is 70.2 Å². The van der Waals surface area contributed by atoms with E-state index in [4.69, 9.17) is 11.6 Å². The molecule has 1 atom stereocenters. The molecular formula is C19H19ClN4O3S2. The van der Waals surface area contributed by atoms with Crippen LogP contribution in [0.15, 0.2) is 52.9 Å². The average Bonchev–Trinajstić information content (AvgIpc) is 3.16. The van der Waals surface area contributed by atoms with Crippen LogP contribution in [0.25, 0.3) is 0 Å². The second-order valence-electron chi connectivity index (χ2n) is 6.30. The summed E-state index contributed by atoms with van der Waals surface area (Å²) in [5.41, 5.74) is 2.21. The Kier molecular flexibility index (Phi) is 6.63. The highest BCUT2D eigenvalue weighted by Crippen LogP contribution is 2.25. The minimum absolute atomic E-state index is 0.0682. The second kappa shape index (κ2) is 9.00. The van der Waals surface area contributed by atoms with Crippen molar-refractivity contribution < 1.29 is 13.2 Å². The maximum Gasteiger partial charge on any atom is 0.270 e. The molecule has 1 unspecified atom stereocenters. The van der Waals surface area contributed by atoms with E-state index in [2.05, 4.69) is 20.2 Å². The third kappa shape index (κ3) is 5.18. The molecule has 29 heavy (non-hydrogen) atoms. The zero-order chi connectivity index (χ0) is 21.0. The first-order chi connectivity index (χ1) is 13.8. The van der Waals surface area contributed by atoms with E-state index in [0.717, 1.165) is 22.5 Å². The Hall–Kier alpha value is -2.33. The van der Waals surface area contributed by atoms with Gasteiger partial charge in [0.2, 0.25) is 9.47 Å². The number of hydrogen-bond donors (Lipinski definition) is 2. The van der Waals surface area contributed by atoms with Crippen LogP contribution in [-0.4, -0.2) is 24.5 Å². The summed E-state index contributed by atoms with van der Waals surface area (Å²) in [4.78, 5) is 12.3. The van der Waals surface area contributed by atoms with E-state index in [0.29, 0.717) is 6.42 Å². The van der Waals surface area contributed by atoms with E-state index in [9.17, 15) is 13.2 Å². The summed E-state index contributed by atoms with van der Waals surface area (Å²) < 4.78 is 27.9. The smallest absolute Gasteiger partial charge is 0.270 e. The number of anilines is 1. The van der Waals surface area contributed by atoms with E-state index in [1.807, 2.05) is 38.1 Å². The Morgan fingerprint density at radius 3 is 2.48 bits per heavy atom. The van der Waals surface area contributed by atoms with E-state index in [1.54, 1.807) is 24.3 Å². The lowest BCUT2D eigenvalue weighted by atomic mass is 10.0. The average molecular weight is 451 g/mol. The van der Waals surface area contributed by atoms with E-state index in [-0.39, 0.29) is 20.1 Å². The lowest BCUT2D eigenvalue weighted by Crippen LogP contribution is -2.28. The Bertz CT molecular complexity index is 1110. The van der Waals surface area contributed by atoms with Crippen LogP contribution in [0.4, 0.5) is 5.13 Å². The lowest BCUT2D eigenvalue weighted by Gasteiger charge is -2.16. The highest BCUT2D eigenvalue weighted by molar-refractivity contribution is 7.91. The number of sulfonamides is 1. The minimum Gasteiger partial charge on any atom is -0.296 e. The molecule has 1 amide bonds. The summed E-state index contributed by atoms with van der Waals surface area (Å²) in [5, 5.41) is 10.4. The number of nitrogens with one attached hydrogen (secondary N) is 2. The van der Waals surface area contributed by atoms with Gasteiger partial charge in [-0.1, -0.05) is 71.8 Å². The molecule has 0 saturated carbocycles. The second-order valence-corrected chi connectivity index (χ2v) is 9.57. The van der Waals surface area contributed by atoms with Gasteiger partial charge in [0.25, 0.3) is 15.9 Å². The fraction of sp³-hybridized carbons (Fsp3) is 0.211. The number of amides is 1. The highest BCUT2D eigenvalue weighted by atomic mass is 35.5. The van der Waals surface area contributed by atoms with Crippen molar-refractivity contribution in [2.45, 2.75) is 30.6 Å². The molecule has 0 radical (unpaired) electrons. The van der Waals surface area contributed by atoms with Crippen LogP contribution in [0.5, 0.6) is 0 Å². The van der Waals surface area contributed by atoms with Gasteiger partial charge in [-0.2, -0.15) is 0 Å².